The van der Waals surface area contributed by atoms with Gasteiger partial charge in [0.25, 0.3) is 11.8 Å². The van der Waals surface area contributed by atoms with E-state index in [1.807, 2.05) is 13.0 Å². The number of ether oxygens (including phenoxy) is 3. The molecule has 0 unspecified atom stereocenters. The highest BCUT2D eigenvalue weighted by atomic mass is 16.5. The van der Waals surface area contributed by atoms with Crippen molar-refractivity contribution in [3.05, 3.63) is 99.4 Å². The number of rotatable bonds is 7. The van der Waals surface area contributed by atoms with Crippen LogP contribution in [0.1, 0.15) is 31.8 Å². The monoisotopic (exact) mass is 488 g/mol. The van der Waals surface area contributed by atoms with E-state index in [1.54, 1.807) is 42.5 Å². The number of nitrogens with one attached hydrogen (secondary N) is 2. The topological polar surface area (TPSA) is 116 Å². The zero-order valence-corrected chi connectivity index (χ0v) is 19.9. The van der Waals surface area contributed by atoms with Crippen LogP contribution in [0.2, 0.25) is 0 Å². The lowest BCUT2D eigenvalue weighted by Crippen LogP contribution is -2.41. The second kappa shape index (κ2) is 10.6. The molecule has 2 amide bonds. The number of hydrogen-bond donors (Lipinski definition) is 2. The smallest absolute Gasteiger partial charge is 0.336 e. The second-order valence-electron chi connectivity index (χ2n) is 7.90. The molecule has 4 rings (SSSR count). The summed E-state index contributed by atoms with van der Waals surface area (Å²) in [6.45, 7) is 2.09. The molecule has 2 N–H and O–H groups in total. The van der Waals surface area contributed by atoms with Gasteiger partial charge >= 0.3 is 5.63 Å². The normalized spacial score (nSPS) is 10.5. The van der Waals surface area contributed by atoms with Crippen LogP contribution in [0.3, 0.4) is 0 Å². The molecule has 0 fully saturated rings. The van der Waals surface area contributed by atoms with Gasteiger partial charge in [-0.1, -0.05) is 12.1 Å². The molecular weight excluding hydrogens is 464 g/mol. The molecule has 184 valence electrons. The maximum Gasteiger partial charge on any atom is 0.336 e. The highest BCUT2D eigenvalue weighted by molar-refractivity contribution is 5.99. The summed E-state index contributed by atoms with van der Waals surface area (Å²) in [6.07, 6.45) is 0. The van der Waals surface area contributed by atoms with Crippen molar-refractivity contribution in [2.24, 2.45) is 0 Å². The van der Waals surface area contributed by atoms with E-state index in [-0.39, 0.29) is 12.2 Å². The number of amides is 2. The Kier molecular flexibility index (Phi) is 7.20. The fourth-order valence-corrected chi connectivity index (χ4v) is 3.51. The maximum absolute atomic E-state index is 12.5. The maximum atomic E-state index is 12.5. The first-order valence-corrected chi connectivity index (χ1v) is 11.0. The van der Waals surface area contributed by atoms with Crippen LogP contribution in [-0.2, 0) is 6.61 Å². The highest BCUT2D eigenvalue weighted by Gasteiger charge is 2.12. The first-order chi connectivity index (χ1) is 17.4. The Bertz CT molecular complexity index is 1450. The van der Waals surface area contributed by atoms with Crippen LogP contribution in [0.15, 0.2) is 75.9 Å². The number of carbonyl (C=O) groups excluding carboxylic acids is 2. The van der Waals surface area contributed by atoms with Crippen molar-refractivity contribution in [1.29, 1.82) is 0 Å². The molecule has 0 saturated heterocycles. The minimum Gasteiger partial charge on any atom is -0.497 e. The second-order valence-corrected chi connectivity index (χ2v) is 7.90. The zero-order valence-electron chi connectivity index (χ0n) is 19.9. The molecule has 0 aliphatic heterocycles. The molecule has 0 aliphatic carbocycles. The first-order valence-electron chi connectivity index (χ1n) is 11.0. The standard InChI is InChI=1S/C27H24N2O7/c1-16-10-25(30)36-24-14-20(8-9-23(16)24)35-15-17-4-6-18(7-5-17)26(31)28-29-27(32)19-11-21(33-2)13-22(12-19)34-3/h4-14H,15H2,1-3H3,(H,28,31)(H,29,32). The summed E-state index contributed by atoms with van der Waals surface area (Å²) in [5.74, 6) is 0.450. The van der Waals surface area contributed by atoms with E-state index < -0.39 is 17.4 Å². The third-order valence-corrected chi connectivity index (χ3v) is 5.45. The van der Waals surface area contributed by atoms with Crippen molar-refractivity contribution in [1.82, 2.24) is 10.9 Å². The van der Waals surface area contributed by atoms with Crippen molar-refractivity contribution in [2.45, 2.75) is 13.5 Å². The number of benzene rings is 3. The number of methoxy groups -OCH3 is 2. The quantitative estimate of drug-likeness (QED) is 0.300. The van der Waals surface area contributed by atoms with Crippen LogP contribution >= 0.6 is 0 Å². The van der Waals surface area contributed by atoms with Gasteiger partial charge in [-0.15, -0.1) is 0 Å². The summed E-state index contributed by atoms with van der Waals surface area (Å²) in [5.41, 5.74) is 7.09. The summed E-state index contributed by atoms with van der Waals surface area (Å²) in [5, 5.41) is 0.843. The Hall–Kier alpha value is -4.79. The predicted molar refractivity (Wildman–Crippen MR) is 132 cm³/mol. The van der Waals surface area contributed by atoms with Gasteiger partial charge in [-0.25, -0.2) is 4.79 Å². The van der Waals surface area contributed by atoms with Gasteiger partial charge in [-0.2, -0.15) is 0 Å². The number of hydrazine groups is 1. The molecule has 0 saturated carbocycles. The third-order valence-electron chi connectivity index (χ3n) is 5.45. The Morgan fingerprint density at radius 3 is 2.06 bits per heavy atom. The van der Waals surface area contributed by atoms with Gasteiger partial charge in [0.15, 0.2) is 0 Å². The number of fused-ring (bicyclic) bond motifs is 1. The van der Waals surface area contributed by atoms with E-state index in [2.05, 4.69) is 10.9 Å². The van der Waals surface area contributed by atoms with Crippen molar-refractivity contribution < 1.29 is 28.2 Å². The SMILES string of the molecule is COc1cc(OC)cc(C(=O)NNC(=O)c2ccc(COc3ccc4c(C)cc(=O)oc4c3)cc2)c1. The molecular formula is C27H24N2O7. The molecule has 3 aromatic carbocycles. The van der Waals surface area contributed by atoms with E-state index in [1.165, 1.54) is 32.4 Å². The highest BCUT2D eigenvalue weighted by Crippen LogP contribution is 2.24. The Morgan fingerprint density at radius 2 is 1.42 bits per heavy atom. The molecule has 0 spiro atoms. The minimum atomic E-state index is -0.521. The van der Waals surface area contributed by atoms with Crippen LogP contribution in [0.4, 0.5) is 0 Å². The first kappa shape index (κ1) is 24.3. The van der Waals surface area contributed by atoms with E-state index in [0.717, 1.165) is 16.5 Å². The van der Waals surface area contributed by atoms with Crippen molar-refractivity contribution in [3.8, 4) is 17.2 Å². The fraction of sp³-hybridized carbons (Fsp3) is 0.148. The van der Waals surface area contributed by atoms with E-state index in [9.17, 15) is 14.4 Å². The third kappa shape index (κ3) is 5.64. The van der Waals surface area contributed by atoms with Crippen LogP contribution in [0.5, 0.6) is 17.2 Å². The zero-order chi connectivity index (χ0) is 25.7. The molecule has 0 radical (unpaired) electrons. The van der Waals surface area contributed by atoms with Crippen molar-refractivity contribution in [3.63, 3.8) is 0 Å². The fourth-order valence-electron chi connectivity index (χ4n) is 3.51. The van der Waals surface area contributed by atoms with E-state index >= 15 is 0 Å². The summed E-state index contributed by atoms with van der Waals surface area (Å²) in [4.78, 5) is 36.5. The molecule has 9 nitrogen and oxygen atoms in total. The summed E-state index contributed by atoms with van der Waals surface area (Å²) in [6, 6.07) is 18.2. The lowest BCUT2D eigenvalue weighted by molar-refractivity contribution is 0.0846. The summed E-state index contributed by atoms with van der Waals surface area (Å²) < 4.78 is 21.4. The average molecular weight is 488 g/mol. The van der Waals surface area contributed by atoms with Gasteiger partial charge in [-0.3, -0.25) is 20.4 Å². The summed E-state index contributed by atoms with van der Waals surface area (Å²) >= 11 is 0. The van der Waals surface area contributed by atoms with Gasteiger partial charge in [0.1, 0.15) is 29.4 Å². The van der Waals surface area contributed by atoms with Crippen LogP contribution < -0.4 is 30.7 Å². The number of aryl methyl sites for hydroxylation is 1. The van der Waals surface area contributed by atoms with Crippen molar-refractivity contribution in [2.75, 3.05) is 14.2 Å². The molecule has 36 heavy (non-hydrogen) atoms. The van der Waals surface area contributed by atoms with Gasteiger partial charge in [0, 0.05) is 34.7 Å². The molecule has 0 atom stereocenters. The predicted octanol–water partition coefficient (Wildman–Crippen LogP) is 3.77. The van der Waals surface area contributed by atoms with Gasteiger partial charge < -0.3 is 18.6 Å². The lowest BCUT2D eigenvalue weighted by atomic mass is 10.1. The lowest BCUT2D eigenvalue weighted by Gasteiger charge is -2.11. The number of hydrogen-bond acceptors (Lipinski definition) is 7. The molecule has 0 aliphatic rings. The van der Waals surface area contributed by atoms with Crippen LogP contribution in [0.25, 0.3) is 11.0 Å². The molecule has 1 heterocycles. The average Bonchev–Trinajstić information content (AvgIpc) is 2.89. The van der Waals surface area contributed by atoms with Gasteiger partial charge in [0.05, 0.1) is 14.2 Å². The Labute approximate surface area is 206 Å². The molecule has 1 aromatic heterocycles. The van der Waals surface area contributed by atoms with Crippen LogP contribution in [-0.4, -0.2) is 26.0 Å². The van der Waals surface area contributed by atoms with E-state index in [4.69, 9.17) is 18.6 Å². The molecule has 4 aromatic rings. The van der Waals surface area contributed by atoms with E-state index in [0.29, 0.717) is 28.4 Å². The van der Waals surface area contributed by atoms with Crippen molar-refractivity contribution >= 4 is 22.8 Å². The van der Waals surface area contributed by atoms with Gasteiger partial charge in [0.2, 0.25) is 0 Å². The number of carbonyl (C=O) groups is 2. The minimum absolute atomic E-state index is 0.248. The summed E-state index contributed by atoms with van der Waals surface area (Å²) in [7, 11) is 2.96. The van der Waals surface area contributed by atoms with Gasteiger partial charge in [-0.05, 0) is 54.4 Å². The Morgan fingerprint density at radius 1 is 0.778 bits per heavy atom. The Balaban J connectivity index is 1.34. The molecule has 0 bridgehead atoms. The van der Waals surface area contributed by atoms with Crippen LogP contribution in [0, 0.1) is 6.92 Å². The largest absolute Gasteiger partial charge is 0.497 e. The molecule has 9 heteroatoms.